The first-order valence-corrected chi connectivity index (χ1v) is 6.15. The second-order valence-electron chi connectivity index (χ2n) is 4.82. The minimum Gasteiger partial charge on any atom is -0.371 e. The number of carbonyl (C=O) groups excluding carboxylic acids is 1. The van der Waals surface area contributed by atoms with Crippen molar-refractivity contribution in [3.05, 3.63) is 30.1 Å². The molecule has 0 N–H and O–H groups in total. The van der Waals surface area contributed by atoms with Crippen LogP contribution in [0.5, 0.6) is 0 Å². The zero-order valence-electron chi connectivity index (χ0n) is 10.2. The molecule has 1 fully saturated rings. The van der Waals surface area contributed by atoms with Crippen LogP contribution in [0, 0.1) is 11.7 Å². The molecule has 1 aromatic rings. The first kappa shape index (κ1) is 12.1. The molecule has 2 nitrogen and oxygen atoms in total. The van der Waals surface area contributed by atoms with Crippen LogP contribution in [0.25, 0.3) is 0 Å². The fourth-order valence-corrected chi connectivity index (χ4v) is 2.38. The van der Waals surface area contributed by atoms with Gasteiger partial charge >= 0.3 is 0 Å². The largest absolute Gasteiger partial charge is 0.371 e. The van der Waals surface area contributed by atoms with E-state index in [1.807, 2.05) is 6.07 Å². The lowest BCUT2D eigenvalue weighted by atomic mass is 10.0. The summed E-state index contributed by atoms with van der Waals surface area (Å²) in [5, 5.41) is 0. The number of benzene rings is 1. The average Bonchev–Trinajstić information content (AvgIpc) is 2.75. The highest BCUT2D eigenvalue weighted by Crippen LogP contribution is 2.26. The maximum absolute atomic E-state index is 13.1. The molecule has 0 saturated carbocycles. The summed E-state index contributed by atoms with van der Waals surface area (Å²) < 4.78 is 13.1. The molecular weight excluding hydrogens is 217 g/mol. The van der Waals surface area contributed by atoms with Gasteiger partial charge in [0.15, 0.2) is 0 Å². The van der Waals surface area contributed by atoms with Gasteiger partial charge in [-0.3, -0.25) is 0 Å². The van der Waals surface area contributed by atoms with Gasteiger partial charge in [-0.1, -0.05) is 6.07 Å². The Morgan fingerprint density at radius 3 is 3.06 bits per heavy atom. The number of ketones is 1. The molecule has 1 aromatic carbocycles. The number of hydrogen-bond donors (Lipinski definition) is 0. The third kappa shape index (κ3) is 3.29. The monoisotopic (exact) mass is 235 g/mol. The normalized spacial score (nSPS) is 19.6. The third-order valence-electron chi connectivity index (χ3n) is 3.36. The Hall–Kier alpha value is -1.38. The lowest BCUT2D eigenvalue weighted by Crippen LogP contribution is -2.19. The molecule has 2 rings (SSSR count). The van der Waals surface area contributed by atoms with Gasteiger partial charge in [0, 0.05) is 25.2 Å². The quantitative estimate of drug-likeness (QED) is 0.799. The van der Waals surface area contributed by atoms with Gasteiger partial charge in [-0.15, -0.1) is 0 Å². The van der Waals surface area contributed by atoms with Crippen LogP contribution in [0.15, 0.2) is 24.3 Å². The zero-order valence-corrected chi connectivity index (χ0v) is 10.2. The van der Waals surface area contributed by atoms with Crippen molar-refractivity contribution in [1.29, 1.82) is 0 Å². The van der Waals surface area contributed by atoms with E-state index in [0.717, 1.165) is 31.6 Å². The lowest BCUT2D eigenvalue weighted by Gasteiger charge is -2.18. The molecule has 1 unspecified atom stereocenters. The van der Waals surface area contributed by atoms with E-state index in [1.165, 1.54) is 6.07 Å². The van der Waals surface area contributed by atoms with Crippen LogP contribution in [0.2, 0.25) is 0 Å². The summed E-state index contributed by atoms with van der Waals surface area (Å²) in [4.78, 5) is 13.1. The van der Waals surface area contributed by atoms with E-state index in [2.05, 4.69) is 4.90 Å². The Bertz CT molecular complexity index is 405. The number of anilines is 1. The lowest BCUT2D eigenvalue weighted by molar-refractivity contribution is -0.117. The predicted molar refractivity (Wildman–Crippen MR) is 66.6 cm³/mol. The van der Waals surface area contributed by atoms with Crippen LogP contribution in [-0.4, -0.2) is 18.9 Å². The maximum Gasteiger partial charge on any atom is 0.129 e. The molecule has 0 amide bonds. The van der Waals surface area contributed by atoms with Crippen molar-refractivity contribution in [2.75, 3.05) is 18.0 Å². The third-order valence-corrected chi connectivity index (χ3v) is 3.36. The van der Waals surface area contributed by atoms with Crippen molar-refractivity contribution in [2.24, 2.45) is 5.92 Å². The molecule has 1 aliphatic heterocycles. The van der Waals surface area contributed by atoms with Crippen molar-refractivity contribution < 1.29 is 9.18 Å². The van der Waals surface area contributed by atoms with Crippen molar-refractivity contribution in [3.8, 4) is 0 Å². The van der Waals surface area contributed by atoms with Gasteiger partial charge in [0.1, 0.15) is 11.6 Å². The molecule has 0 bridgehead atoms. The highest BCUT2D eigenvalue weighted by atomic mass is 19.1. The van der Waals surface area contributed by atoms with Crippen molar-refractivity contribution in [1.82, 2.24) is 0 Å². The zero-order chi connectivity index (χ0) is 12.3. The minimum atomic E-state index is -0.185. The molecule has 0 aromatic heterocycles. The highest BCUT2D eigenvalue weighted by molar-refractivity contribution is 5.75. The Labute approximate surface area is 101 Å². The molecule has 0 aliphatic carbocycles. The van der Waals surface area contributed by atoms with Gasteiger partial charge in [0.05, 0.1) is 0 Å². The van der Waals surface area contributed by atoms with E-state index in [9.17, 15) is 9.18 Å². The summed E-state index contributed by atoms with van der Waals surface area (Å²) in [6, 6.07) is 6.73. The fraction of sp³-hybridized carbons (Fsp3) is 0.500. The Morgan fingerprint density at radius 2 is 2.35 bits per heavy atom. The second-order valence-corrected chi connectivity index (χ2v) is 4.82. The molecule has 1 aliphatic rings. The van der Waals surface area contributed by atoms with Crippen LogP contribution < -0.4 is 4.90 Å². The van der Waals surface area contributed by atoms with E-state index in [4.69, 9.17) is 0 Å². The standard InChI is InChI=1S/C14H18FNO/c1-11(17)5-6-12-7-8-16(10-12)14-4-2-3-13(15)9-14/h2-4,9,12H,5-8,10H2,1H3. The van der Waals surface area contributed by atoms with Crippen molar-refractivity contribution in [3.63, 3.8) is 0 Å². The smallest absolute Gasteiger partial charge is 0.129 e. The van der Waals surface area contributed by atoms with Gasteiger partial charge in [-0.05, 0) is 43.9 Å². The van der Waals surface area contributed by atoms with Crippen LogP contribution in [0.4, 0.5) is 10.1 Å². The summed E-state index contributed by atoms with van der Waals surface area (Å²) in [5.41, 5.74) is 0.954. The molecule has 0 spiro atoms. The van der Waals surface area contributed by atoms with E-state index in [1.54, 1.807) is 19.1 Å². The van der Waals surface area contributed by atoms with Crippen LogP contribution in [0.3, 0.4) is 0 Å². The van der Waals surface area contributed by atoms with Crippen molar-refractivity contribution >= 4 is 11.5 Å². The van der Waals surface area contributed by atoms with Gasteiger partial charge in [-0.25, -0.2) is 4.39 Å². The molecular formula is C14H18FNO. The number of nitrogens with zero attached hydrogens (tertiary/aromatic N) is 1. The van der Waals surface area contributed by atoms with E-state index in [-0.39, 0.29) is 11.6 Å². The molecule has 1 heterocycles. The van der Waals surface area contributed by atoms with Crippen molar-refractivity contribution in [2.45, 2.75) is 26.2 Å². The minimum absolute atomic E-state index is 0.185. The summed E-state index contributed by atoms with van der Waals surface area (Å²) in [7, 11) is 0. The summed E-state index contributed by atoms with van der Waals surface area (Å²) in [6.07, 6.45) is 2.73. The topological polar surface area (TPSA) is 20.3 Å². The molecule has 17 heavy (non-hydrogen) atoms. The van der Waals surface area contributed by atoms with Gasteiger partial charge in [0.2, 0.25) is 0 Å². The first-order valence-electron chi connectivity index (χ1n) is 6.15. The van der Waals surface area contributed by atoms with E-state index in [0.29, 0.717) is 12.3 Å². The molecule has 3 heteroatoms. The van der Waals surface area contributed by atoms with Gasteiger partial charge < -0.3 is 9.69 Å². The number of carbonyl (C=O) groups is 1. The predicted octanol–water partition coefficient (Wildman–Crippen LogP) is 3.02. The number of hydrogen-bond acceptors (Lipinski definition) is 2. The summed E-state index contributed by atoms with van der Waals surface area (Å²) >= 11 is 0. The number of halogens is 1. The highest BCUT2D eigenvalue weighted by Gasteiger charge is 2.22. The Balaban J connectivity index is 1.91. The van der Waals surface area contributed by atoms with E-state index < -0.39 is 0 Å². The number of Topliss-reactive ketones (excluding diaryl/α,β-unsaturated/α-hetero) is 1. The SMILES string of the molecule is CC(=O)CCC1CCN(c2cccc(F)c2)C1. The first-order chi connectivity index (χ1) is 8.15. The molecule has 1 atom stereocenters. The summed E-state index contributed by atoms with van der Waals surface area (Å²) in [5.74, 6) is 0.644. The molecule has 1 saturated heterocycles. The molecule has 0 radical (unpaired) electrons. The van der Waals surface area contributed by atoms with E-state index >= 15 is 0 Å². The van der Waals surface area contributed by atoms with Crippen LogP contribution in [-0.2, 0) is 4.79 Å². The Morgan fingerprint density at radius 1 is 1.53 bits per heavy atom. The molecule has 92 valence electrons. The maximum atomic E-state index is 13.1. The number of rotatable bonds is 4. The van der Waals surface area contributed by atoms with Crippen LogP contribution >= 0.6 is 0 Å². The van der Waals surface area contributed by atoms with Crippen LogP contribution in [0.1, 0.15) is 26.2 Å². The fourth-order valence-electron chi connectivity index (χ4n) is 2.38. The summed E-state index contributed by atoms with van der Waals surface area (Å²) in [6.45, 7) is 3.54. The second kappa shape index (κ2) is 5.30. The van der Waals surface area contributed by atoms with Gasteiger partial charge in [0.25, 0.3) is 0 Å². The van der Waals surface area contributed by atoms with Gasteiger partial charge in [-0.2, -0.15) is 0 Å². The Kier molecular flexibility index (Phi) is 3.77. The average molecular weight is 235 g/mol.